The first kappa shape index (κ1) is 16.5. The summed E-state index contributed by atoms with van der Waals surface area (Å²) >= 11 is 7.22. The minimum Gasteiger partial charge on any atom is -0.463 e. The van der Waals surface area contributed by atoms with E-state index in [-0.39, 0.29) is 23.8 Å². The van der Waals surface area contributed by atoms with Crippen molar-refractivity contribution in [2.75, 3.05) is 11.9 Å². The number of hydrogen-bond donors (Lipinski definition) is 1. The lowest BCUT2D eigenvalue weighted by Crippen LogP contribution is -2.23. The number of amides is 1. The van der Waals surface area contributed by atoms with E-state index in [0.717, 1.165) is 0 Å². The quantitative estimate of drug-likeness (QED) is 0.842. The fourth-order valence-corrected chi connectivity index (χ4v) is 2.96. The number of carbonyl (C=O) groups excluding carboxylic acids is 3. The van der Waals surface area contributed by atoms with Gasteiger partial charge in [-0.05, 0) is 29.6 Å². The average molecular weight is 366 g/mol. The van der Waals surface area contributed by atoms with Crippen LogP contribution in [0.25, 0.3) is 0 Å². The van der Waals surface area contributed by atoms with Gasteiger partial charge < -0.3 is 14.8 Å². The van der Waals surface area contributed by atoms with E-state index in [1.165, 1.54) is 29.5 Å². The van der Waals surface area contributed by atoms with Crippen LogP contribution >= 0.6 is 22.9 Å². The number of esters is 2. The number of ether oxygens (including phenoxy) is 2. The van der Waals surface area contributed by atoms with Crippen LogP contribution in [0.5, 0.6) is 0 Å². The third-order valence-corrected chi connectivity index (χ3v) is 4.43. The van der Waals surface area contributed by atoms with Crippen LogP contribution in [-0.4, -0.2) is 30.6 Å². The van der Waals surface area contributed by atoms with Crippen LogP contribution in [0.4, 0.5) is 5.69 Å². The maximum absolute atomic E-state index is 12.3. The van der Waals surface area contributed by atoms with Crippen LogP contribution in [0, 0.1) is 0 Å². The Morgan fingerprint density at radius 3 is 2.83 bits per heavy atom. The molecule has 1 N–H and O–H groups in total. The Bertz CT molecular complexity index is 790. The van der Waals surface area contributed by atoms with Gasteiger partial charge in [0.25, 0.3) is 5.91 Å². The Labute approximate surface area is 146 Å². The summed E-state index contributed by atoms with van der Waals surface area (Å²) in [5, 5.41) is 4.77. The highest BCUT2D eigenvalue weighted by atomic mass is 35.5. The normalized spacial score (nSPS) is 16.5. The molecule has 1 aliphatic heterocycles. The number of rotatable bonds is 4. The van der Waals surface area contributed by atoms with Gasteiger partial charge in [-0.25, -0.2) is 9.59 Å². The van der Waals surface area contributed by atoms with Crippen molar-refractivity contribution in [3.63, 3.8) is 0 Å². The van der Waals surface area contributed by atoms with Crippen molar-refractivity contribution >= 4 is 46.5 Å². The lowest BCUT2D eigenvalue weighted by atomic mass is 10.1. The summed E-state index contributed by atoms with van der Waals surface area (Å²) in [5.41, 5.74) is 0.335. The van der Waals surface area contributed by atoms with Gasteiger partial charge in [-0.2, -0.15) is 0 Å². The Morgan fingerprint density at radius 2 is 2.17 bits per heavy atom. The van der Waals surface area contributed by atoms with Gasteiger partial charge in [0.1, 0.15) is 0 Å². The van der Waals surface area contributed by atoms with Crippen LogP contribution in [0.3, 0.4) is 0 Å². The molecule has 0 spiro atoms. The van der Waals surface area contributed by atoms with Gasteiger partial charge in [-0.1, -0.05) is 17.7 Å². The van der Waals surface area contributed by atoms with E-state index in [2.05, 4.69) is 5.32 Å². The number of benzene rings is 1. The number of carbonyl (C=O) groups is 3. The molecular formula is C16H12ClNO5S. The molecule has 1 aromatic carbocycles. The van der Waals surface area contributed by atoms with E-state index in [1.54, 1.807) is 17.5 Å². The lowest BCUT2D eigenvalue weighted by molar-refractivity contribution is -0.145. The molecule has 1 aromatic heterocycles. The molecule has 1 saturated heterocycles. The molecular weight excluding hydrogens is 354 g/mol. The number of thiophene rings is 1. The second kappa shape index (κ2) is 7.02. The molecule has 24 heavy (non-hydrogen) atoms. The zero-order chi connectivity index (χ0) is 17.1. The molecule has 1 amide bonds. The highest BCUT2D eigenvalue weighted by Crippen LogP contribution is 2.24. The first-order valence-corrected chi connectivity index (χ1v) is 8.32. The number of nitrogens with one attached hydrogen (secondary N) is 1. The topological polar surface area (TPSA) is 81.7 Å². The summed E-state index contributed by atoms with van der Waals surface area (Å²) in [7, 11) is 0. The summed E-state index contributed by atoms with van der Waals surface area (Å²) < 4.78 is 9.92. The lowest BCUT2D eigenvalue weighted by Gasteiger charge is -2.13. The van der Waals surface area contributed by atoms with Crippen LogP contribution in [0.1, 0.15) is 26.5 Å². The third-order valence-electron chi connectivity index (χ3n) is 3.33. The number of anilines is 1. The first-order chi connectivity index (χ1) is 11.5. The third kappa shape index (κ3) is 3.58. The predicted octanol–water partition coefficient (Wildman–Crippen LogP) is 3.13. The van der Waals surface area contributed by atoms with Gasteiger partial charge in [0.15, 0.2) is 0 Å². The van der Waals surface area contributed by atoms with Gasteiger partial charge in [0.05, 0.1) is 22.7 Å². The molecule has 0 unspecified atom stereocenters. The predicted molar refractivity (Wildman–Crippen MR) is 88.5 cm³/mol. The van der Waals surface area contributed by atoms with Crippen molar-refractivity contribution in [1.82, 2.24) is 0 Å². The molecule has 124 valence electrons. The summed E-state index contributed by atoms with van der Waals surface area (Å²) in [4.78, 5) is 36.4. The van der Waals surface area contributed by atoms with E-state index >= 15 is 0 Å². The molecule has 1 fully saturated rings. The zero-order valence-electron chi connectivity index (χ0n) is 12.3. The summed E-state index contributed by atoms with van der Waals surface area (Å²) in [6, 6.07) is 7.81. The molecule has 2 heterocycles. The summed E-state index contributed by atoms with van der Waals surface area (Å²) in [6.45, 7) is 0.222. The first-order valence-electron chi connectivity index (χ1n) is 7.06. The average Bonchev–Trinajstić information content (AvgIpc) is 3.20. The maximum Gasteiger partial charge on any atom is 0.347 e. The monoisotopic (exact) mass is 365 g/mol. The van der Waals surface area contributed by atoms with Gasteiger partial charge in [0.2, 0.25) is 6.10 Å². The van der Waals surface area contributed by atoms with E-state index in [0.29, 0.717) is 16.3 Å². The smallest absolute Gasteiger partial charge is 0.347 e. The molecule has 3 rings (SSSR count). The van der Waals surface area contributed by atoms with Crippen LogP contribution < -0.4 is 5.32 Å². The SMILES string of the molecule is O=C(Nc1cc(Cl)ccc1C(=O)O[C@@H]1CCOC1=O)c1cccs1. The molecule has 1 aliphatic rings. The zero-order valence-corrected chi connectivity index (χ0v) is 13.9. The second-order valence-electron chi connectivity index (χ2n) is 4.97. The molecule has 0 saturated carbocycles. The largest absolute Gasteiger partial charge is 0.463 e. The second-order valence-corrected chi connectivity index (χ2v) is 6.36. The van der Waals surface area contributed by atoms with Gasteiger partial charge in [0, 0.05) is 11.4 Å². The Balaban J connectivity index is 1.81. The molecule has 2 aromatic rings. The molecule has 0 radical (unpaired) electrons. The Morgan fingerprint density at radius 1 is 1.33 bits per heavy atom. The van der Waals surface area contributed by atoms with E-state index < -0.39 is 18.0 Å². The van der Waals surface area contributed by atoms with Gasteiger partial charge in [-0.3, -0.25) is 4.79 Å². The molecule has 0 bridgehead atoms. The van der Waals surface area contributed by atoms with Crippen molar-refractivity contribution < 1.29 is 23.9 Å². The van der Waals surface area contributed by atoms with Gasteiger partial charge >= 0.3 is 11.9 Å². The van der Waals surface area contributed by atoms with E-state index in [9.17, 15) is 14.4 Å². The standard InChI is InChI=1S/C16H12ClNO5S/c17-9-3-4-10(15(20)23-12-5-6-22-16(12)21)11(8-9)18-14(19)13-2-1-7-24-13/h1-4,7-8,12H,5-6H2,(H,18,19)/t12-/m1/s1. The van der Waals surface area contributed by atoms with E-state index in [4.69, 9.17) is 21.1 Å². The maximum atomic E-state index is 12.3. The van der Waals surface area contributed by atoms with Crippen LogP contribution in [0.15, 0.2) is 35.7 Å². The number of cyclic esters (lactones) is 1. The number of hydrogen-bond acceptors (Lipinski definition) is 6. The fourth-order valence-electron chi connectivity index (χ4n) is 2.17. The van der Waals surface area contributed by atoms with Crippen molar-refractivity contribution in [3.8, 4) is 0 Å². The van der Waals surface area contributed by atoms with Crippen molar-refractivity contribution in [2.24, 2.45) is 0 Å². The van der Waals surface area contributed by atoms with Crippen LogP contribution in [0.2, 0.25) is 5.02 Å². The molecule has 6 nitrogen and oxygen atoms in total. The highest BCUT2D eigenvalue weighted by Gasteiger charge is 2.31. The molecule has 8 heteroatoms. The Hall–Kier alpha value is -2.38. The summed E-state index contributed by atoms with van der Waals surface area (Å²) in [6.07, 6.45) is -0.608. The van der Waals surface area contributed by atoms with E-state index in [1.807, 2.05) is 0 Å². The summed E-state index contributed by atoms with van der Waals surface area (Å²) in [5.74, 6) is -1.65. The molecule has 1 atom stereocenters. The van der Waals surface area contributed by atoms with Crippen molar-refractivity contribution in [1.29, 1.82) is 0 Å². The minimum absolute atomic E-state index is 0.115. The van der Waals surface area contributed by atoms with Crippen LogP contribution in [-0.2, 0) is 14.3 Å². The van der Waals surface area contributed by atoms with Crippen molar-refractivity contribution in [2.45, 2.75) is 12.5 Å². The fraction of sp³-hybridized carbons (Fsp3) is 0.188. The van der Waals surface area contributed by atoms with Gasteiger partial charge in [-0.15, -0.1) is 11.3 Å². The highest BCUT2D eigenvalue weighted by molar-refractivity contribution is 7.12. The van der Waals surface area contributed by atoms with Crippen molar-refractivity contribution in [3.05, 3.63) is 51.2 Å². The number of halogens is 1. The Kier molecular flexibility index (Phi) is 4.82. The minimum atomic E-state index is -0.922. The molecule has 0 aliphatic carbocycles.